The van der Waals surface area contributed by atoms with Crippen LogP contribution < -0.4 is 11.1 Å². The minimum absolute atomic E-state index is 0.0780. The van der Waals surface area contributed by atoms with Gasteiger partial charge in [0.1, 0.15) is 0 Å². The fourth-order valence-corrected chi connectivity index (χ4v) is 1.17. The van der Waals surface area contributed by atoms with Gasteiger partial charge in [0.25, 0.3) is 0 Å². The summed E-state index contributed by atoms with van der Waals surface area (Å²) in [6, 6.07) is 0. The quantitative estimate of drug-likeness (QED) is 0.597. The number of rotatable bonds is 6. The summed E-state index contributed by atoms with van der Waals surface area (Å²) in [6.45, 7) is 6.68. The molecule has 0 aromatic heterocycles. The fourth-order valence-electron chi connectivity index (χ4n) is 1.17. The van der Waals surface area contributed by atoms with Crippen molar-refractivity contribution < 1.29 is 4.79 Å². The second-order valence-electron chi connectivity index (χ2n) is 3.49. The Labute approximate surface area is 80.5 Å². The number of hydrogen-bond donors (Lipinski definition) is 2. The Bertz CT molecular complexity index is 150. The van der Waals surface area contributed by atoms with Crippen molar-refractivity contribution in [2.24, 2.45) is 11.7 Å². The summed E-state index contributed by atoms with van der Waals surface area (Å²) in [7, 11) is 1.93. The van der Waals surface area contributed by atoms with Crippen LogP contribution in [0.5, 0.6) is 0 Å². The van der Waals surface area contributed by atoms with Crippen LogP contribution in [0.2, 0.25) is 0 Å². The lowest BCUT2D eigenvalue weighted by atomic mass is 10.2. The lowest BCUT2D eigenvalue weighted by molar-refractivity contribution is -0.121. The van der Waals surface area contributed by atoms with Gasteiger partial charge < -0.3 is 11.1 Å². The molecule has 13 heavy (non-hydrogen) atoms. The average molecular weight is 187 g/mol. The van der Waals surface area contributed by atoms with Crippen LogP contribution >= 0.6 is 0 Å². The Hall–Kier alpha value is -0.610. The van der Waals surface area contributed by atoms with E-state index in [0.717, 1.165) is 6.54 Å². The van der Waals surface area contributed by atoms with Crippen LogP contribution in [0.4, 0.5) is 0 Å². The maximum Gasteiger partial charge on any atom is 0.234 e. The third kappa shape index (κ3) is 6.54. The molecule has 1 atom stereocenters. The molecule has 78 valence electrons. The van der Waals surface area contributed by atoms with E-state index in [1.165, 1.54) is 0 Å². The van der Waals surface area contributed by atoms with E-state index in [4.69, 9.17) is 5.73 Å². The molecule has 3 N–H and O–H groups in total. The third-order valence-electron chi connectivity index (χ3n) is 1.81. The maximum atomic E-state index is 11.1. The molecule has 0 saturated carbocycles. The molecule has 0 rings (SSSR count). The monoisotopic (exact) mass is 187 g/mol. The molecule has 4 heteroatoms. The van der Waals surface area contributed by atoms with Crippen molar-refractivity contribution in [3.8, 4) is 0 Å². The van der Waals surface area contributed by atoms with Gasteiger partial charge in [-0.1, -0.05) is 6.92 Å². The van der Waals surface area contributed by atoms with Crippen LogP contribution in [0.25, 0.3) is 0 Å². The molecule has 0 fully saturated rings. The van der Waals surface area contributed by atoms with E-state index in [9.17, 15) is 4.79 Å². The summed E-state index contributed by atoms with van der Waals surface area (Å²) in [5.41, 5.74) is 5.48. The van der Waals surface area contributed by atoms with Gasteiger partial charge in [0.2, 0.25) is 5.91 Å². The topological polar surface area (TPSA) is 58.4 Å². The predicted molar refractivity (Wildman–Crippen MR) is 54.4 cm³/mol. The fraction of sp³-hybridized carbons (Fsp3) is 0.889. The van der Waals surface area contributed by atoms with Gasteiger partial charge in [-0.2, -0.15) is 0 Å². The smallest absolute Gasteiger partial charge is 0.234 e. The second kappa shape index (κ2) is 6.86. The van der Waals surface area contributed by atoms with E-state index in [1.807, 2.05) is 18.9 Å². The number of carbonyl (C=O) groups is 1. The molecule has 1 amide bonds. The van der Waals surface area contributed by atoms with Crippen molar-refractivity contribution in [3.05, 3.63) is 0 Å². The molecule has 0 aliphatic heterocycles. The zero-order chi connectivity index (χ0) is 10.3. The predicted octanol–water partition coefficient (Wildman–Crippen LogP) is -0.351. The summed E-state index contributed by atoms with van der Waals surface area (Å²) < 4.78 is 0. The third-order valence-corrected chi connectivity index (χ3v) is 1.81. The molecule has 0 bridgehead atoms. The first-order valence-corrected chi connectivity index (χ1v) is 4.75. The highest BCUT2D eigenvalue weighted by molar-refractivity contribution is 5.77. The largest absolute Gasteiger partial charge is 0.355 e. The SMILES string of the molecule is CCNC(=O)CN(C)CC(C)CN. The lowest BCUT2D eigenvalue weighted by Gasteiger charge is -2.19. The van der Waals surface area contributed by atoms with Gasteiger partial charge >= 0.3 is 0 Å². The highest BCUT2D eigenvalue weighted by atomic mass is 16.1. The molecular formula is C9H21N3O. The van der Waals surface area contributed by atoms with E-state index < -0.39 is 0 Å². The first kappa shape index (κ1) is 12.4. The number of nitrogens with zero attached hydrogens (tertiary/aromatic N) is 1. The molecule has 0 aliphatic carbocycles. The summed E-state index contributed by atoms with van der Waals surface area (Å²) in [6.07, 6.45) is 0. The van der Waals surface area contributed by atoms with Crippen LogP contribution in [0, 0.1) is 5.92 Å². The zero-order valence-electron chi connectivity index (χ0n) is 8.84. The molecule has 0 heterocycles. The zero-order valence-corrected chi connectivity index (χ0v) is 8.84. The van der Waals surface area contributed by atoms with E-state index in [2.05, 4.69) is 12.2 Å². The lowest BCUT2D eigenvalue weighted by Crippen LogP contribution is -2.37. The van der Waals surface area contributed by atoms with E-state index >= 15 is 0 Å². The molecule has 4 nitrogen and oxygen atoms in total. The standard InChI is InChI=1S/C9H21N3O/c1-4-11-9(13)7-12(3)6-8(2)5-10/h8H,4-7,10H2,1-3H3,(H,11,13). The molecule has 0 radical (unpaired) electrons. The van der Waals surface area contributed by atoms with Crippen molar-refractivity contribution in [3.63, 3.8) is 0 Å². The number of nitrogens with two attached hydrogens (primary N) is 1. The Morgan fingerprint density at radius 1 is 1.62 bits per heavy atom. The van der Waals surface area contributed by atoms with Crippen molar-refractivity contribution in [2.75, 3.05) is 33.2 Å². The van der Waals surface area contributed by atoms with Crippen LogP contribution in [-0.2, 0) is 4.79 Å². The summed E-state index contributed by atoms with van der Waals surface area (Å²) in [5.74, 6) is 0.522. The highest BCUT2D eigenvalue weighted by Gasteiger charge is 2.07. The Kier molecular flexibility index (Phi) is 6.54. The number of hydrogen-bond acceptors (Lipinski definition) is 3. The second-order valence-corrected chi connectivity index (χ2v) is 3.49. The Morgan fingerprint density at radius 3 is 2.69 bits per heavy atom. The minimum Gasteiger partial charge on any atom is -0.355 e. The summed E-state index contributed by atoms with van der Waals surface area (Å²) >= 11 is 0. The maximum absolute atomic E-state index is 11.1. The minimum atomic E-state index is 0.0780. The normalized spacial score (nSPS) is 13.0. The molecule has 0 aliphatic rings. The van der Waals surface area contributed by atoms with Crippen LogP contribution in [0.1, 0.15) is 13.8 Å². The van der Waals surface area contributed by atoms with Gasteiger partial charge in [-0.25, -0.2) is 0 Å². The molecule has 0 saturated heterocycles. The molecule has 1 unspecified atom stereocenters. The number of likely N-dealkylation sites (N-methyl/N-ethyl adjacent to an activating group) is 2. The van der Waals surface area contributed by atoms with Gasteiger partial charge in [-0.05, 0) is 26.4 Å². The van der Waals surface area contributed by atoms with Gasteiger partial charge in [0.15, 0.2) is 0 Å². The van der Waals surface area contributed by atoms with Crippen LogP contribution in [-0.4, -0.2) is 44.0 Å². The molecule has 0 aromatic carbocycles. The average Bonchev–Trinajstić information content (AvgIpc) is 2.04. The number of amides is 1. The van der Waals surface area contributed by atoms with Gasteiger partial charge in [-0.3, -0.25) is 9.69 Å². The van der Waals surface area contributed by atoms with Gasteiger partial charge in [0.05, 0.1) is 6.54 Å². The van der Waals surface area contributed by atoms with Gasteiger partial charge in [-0.15, -0.1) is 0 Å². The summed E-state index contributed by atoms with van der Waals surface area (Å²) in [4.78, 5) is 13.1. The van der Waals surface area contributed by atoms with Crippen molar-refractivity contribution in [1.29, 1.82) is 0 Å². The van der Waals surface area contributed by atoms with E-state index in [0.29, 0.717) is 25.6 Å². The molecule has 0 aromatic rings. The van der Waals surface area contributed by atoms with Crippen molar-refractivity contribution >= 4 is 5.91 Å². The van der Waals surface area contributed by atoms with Crippen molar-refractivity contribution in [1.82, 2.24) is 10.2 Å². The summed E-state index contributed by atoms with van der Waals surface area (Å²) in [5, 5.41) is 2.76. The van der Waals surface area contributed by atoms with E-state index in [-0.39, 0.29) is 5.91 Å². The van der Waals surface area contributed by atoms with Crippen LogP contribution in [0.15, 0.2) is 0 Å². The first-order chi connectivity index (χ1) is 6.10. The first-order valence-electron chi connectivity index (χ1n) is 4.75. The Morgan fingerprint density at radius 2 is 2.23 bits per heavy atom. The number of carbonyl (C=O) groups excluding carboxylic acids is 1. The number of nitrogens with one attached hydrogen (secondary N) is 1. The molecule has 0 spiro atoms. The Balaban J connectivity index is 3.60. The van der Waals surface area contributed by atoms with E-state index in [1.54, 1.807) is 0 Å². The highest BCUT2D eigenvalue weighted by Crippen LogP contribution is 1.94. The van der Waals surface area contributed by atoms with Crippen LogP contribution in [0.3, 0.4) is 0 Å². The molecular weight excluding hydrogens is 166 g/mol. The van der Waals surface area contributed by atoms with Gasteiger partial charge in [0, 0.05) is 13.1 Å². The van der Waals surface area contributed by atoms with Crippen molar-refractivity contribution in [2.45, 2.75) is 13.8 Å².